The molecular formula is C20H21Cl2N3O2. The number of urea groups is 1. The molecule has 0 unspecified atom stereocenters. The largest absolute Gasteiger partial charge is 0.339 e. The molecule has 0 radical (unpaired) electrons. The zero-order valence-electron chi connectivity index (χ0n) is 15.0. The lowest BCUT2D eigenvalue weighted by atomic mass is 9.98. The van der Waals surface area contributed by atoms with Crippen LogP contribution in [-0.4, -0.2) is 29.9 Å². The fourth-order valence-electron chi connectivity index (χ4n) is 3.04. The molecule has 7 heteroatoms. The Morgan fingerprint density at radius 3 is 2.26 bits per heavy atom. The van der Waals surface area contributed by atoms with E-state index in [0.29, 0.717) is 32.9 Å². The molecule has 1 aliphatic rings. The Bertz CT molecular complexity index is 829. The maximum Gasteiger partial charge on any atom is 0.323 e. The highest BCUT2D eigenvalue weighted by atomic mass is 35.5. The molecule has 142 valence electrons. The monoisotopic (exact) mass is 405 g/mol. The highest BCUT2D eigenvalue weighted by Crippen LogP contribution is 2.23. The summed E-state index contributed by atoms with van der Waals surface area (Å²) in [7, 11) is 0. The summed E-state index contributed by atoms with van der Waals surface area (Å²) < 4.78 is 0. The van der Waals surface area contributed by atoms with Crippen molar-refractivity contribution in [3.63, 3.8) is 0 Å². The van der Waals surface area contributed by atoms with E-state index in [1.165, 1.54) is 0 Å². The summed E-state index contributed by atoms with van der Waals surface area (Å²) in [6, 6.07) is 11.3. The molecule has 0 bridgehead atoms. The van der Waals surface area contributed by atoms with E-state index in [0.717, 1.165) is 25.9 Å². The van der Waals surface area contributed by atoms with Gasteiger partial charge in [0.15, 0.2) is 0 Å². The second kappa shape index (κ2) is 8.63. The molecule has 3 rings (SSSR count). The van der Waals surface area contributed by atoms with Crippen LogP contribution < -0.4 is 10.6 Å². The minimum absolute atomic E-state index is 0.00687. The lowest BCUT2D eigenvalue weighted by Gasteiger charge is -2.30. The topological polar surface area (TPSA) is 61.4 Å². The van der Waals surface area contributed by atoms with Gasteiger partial charge in [0.25, 0.3) is 5.91 Å². The van der Waals surface area contributed by atoms with Crippen LogP contribution in [0.2, 0.25) is 10.0 Å². The van der Waals surface area contributed by atoms with Crippen LogP contribution in [0.3, 0.4) is 0 Å². The third kappa shape index (κ3) is 5.37. The predicted molar refractivity (Wildman–Crippen MR) is 110 cm³/mol. The van der Waals surface area contributed by atoms with Gasteiger partial charge in [-0.3, -0.25) is 4.79 Å². The number of rotatable bonds is 3. The van der Waals surface area contributed by atoms with E-state index in [1.54, 1.807) is 42.5 Å². The van der Waals surface area contributed by atoms with Crippen molar-refractivity contribution in [2.75, 3.05) is 23.7 Å². The number of likely N-dealkylation sites (tertiary alicyclic amines) is 1. The van der Waals surface area contributed by atoms with E-state index in [4.69, 9.17) is 23.2 Å². The molecule has 5 nitrogen and oxygen atoms in total. The summed E-state index contributed by atoms with van der Waals surface area (Å²) in [6.07, 6.45) is 2.04. The van der Waals surface area contributed by atoms with Gasteiger partial charge in [0.05, 0.1) is 0 Å². The Labute approximate surface area is 168 Å². The first-order valence-corrected chi connectivity index (χ1v) is 9.60. The van der Waals surface area contributed by atoms with Crippen LogP contribution in [0.15, 0.2) is 42.5 Å². The smallest absolute Gasteiger partial charge is 0.323 e. The summed E-state index contributed by atoms with van der Waals surface area (Å²) >= 11 is 11.9. The van der Waals surface area contributed by atoms with Crippen LogP contribution in [0.5, 0.6) is 0 Å². The molecule has 0 saturated carbocycles. The molecule has 27 heavy (non-hydrogen) atoms. The minimum atomic E-state index is -0.440. The molecule has 1 saturated heterocycles. The van der Waals surface area contributed by atoms with E-state index in [2.05, 4.69) is 17.6 Å². The molecule has 2 aromatic carbocycles. The van der Waals surface area contributed by atoms with Crippen LogP contribution in [0.25, 0.3) is 0 Å². The van der Waals surface area contributed by atoms with E-state index in [9.17, 15) is 9.59 Å². The van der Waals surface area contributed by atoms with Crippen molar-refractivity contribution >= 4 is 46.5 Å². The maximum absolute atomic E-state index is 12.7. The highest BCUT2D eigenvalue weighted by Gasteiger charge is 2.21. The third-order valence-electron chi connectivity index (χ3n) is 4.56. The number of amides is 3. The SMILES string of the molecule is CC1CCN(C(=O)c2cccc(NC(=O)Nc3cc(Cl)cc(Cl)c3)c2)CC1. The Morgan fingerprint density at radius 2 is 1.59 bits per heavy atom. The molecule has 0 aliphatic carbocycles. The lowest BCUT2D eigenvalue weighted by molar-refractivity contribution is 0.0697. The number of carbonyl (C=O) groups is 2. The number of nitrogens with zero attached hydrogens (tertiary/aromatic N) is 1. The van der Waals surface area contributed by atoms with Crippen LogP contribution in [-0.2, 0) is 0 Å². The van der Waals surface area contributed by atoms with E-state index >= 15 is 0 Å². The fraction of sp³-hybridized carbons (Fsp3) is 0.300. The van der Waals surface area contributed by atoms with Gasteiger partial charge in [0.1, 0.15) is 0 Å². The van der Waals surface area contributed by atoms with Crippen molar-refractivity contribution in [2.45, 2.75) is 19.8 Å². The molecule has 3 amide bonds. The highest BCUT2D eigenvalue weighted by molar-refractivity contribution is 6.35. The Kier molecular flexibility index (Phi) is 6.24. The standard InChI is InChI=1S/C20H21Cl2N3O2/c1-13-5-7-25(8-6-13)19(26)14-3-2-4-17(9-14)23-20(27)24-18-11-15(21)10-16(22)12-18/h2-4,9-13H,5-8H2,1H3,(H2,23,24,27). The van der Waals surface area contributed by atoms with Gasteiger partial charge in [-0.15, -0.1) is 0 Å². The van der Waals surface area contributed by atoms with E-state index in [1.807, 2.05) is 4.90 Å². The Balaban J connectivity index is 1.64. The molecule has 2 N–H and O–H groups in total. The number of carbonyl (C=O) groups excluding carboxylic acids is 2. The van der Waals surface area contributed by atoms with Crippen LogP contribution in [0, 0.1) is 5.92 Å². The summed E-state index contributed by atoms with van der Waals surface area (Å²) in [5.74, 6) is 0.651. The number of hydrogen-bond donors (Lipinski definition) is 2. The zero-order valence-corrected chi connectivity index (χ0v) is 16.5. The summed E-state index contributed by atoms with van der Waals surface area (Å²) in [5, 5.41) is 6.27. The number of anilines is 2. The minimum Gasteiger partial charge on any atom is -0.339 e. The lowest BCUT2D eigenvalue weighted by Crippen LogP contribution is -2.37. The maximum atomic E-state index is 12.7. The molecule has 0 aromatic heterocycles. The first-order valence-electron chi connectivity index (χ1n) is 8.84. The van der Waals surface area contributed by atoms with Gasteiger partial charge in [0, 0.05) is 40.1 Å². The average molecular weight is 406 g/mol. The van der Waals surface area contributed by atoms with Crippen LogP contribution >= 0.6 is 23.2 Å². The number of nitrogens with one attached hydrogen (secondary N) is 2. The normalized spacial score (nSPS) is 14.7. The van der Waals surface area contributed by atoms with Gasteiger partial charge in [-0.25, -0.2) is 4.79 Å². The third-order valence-corrected chi connectivity index (χ3v) is 5.00. The summed E-state index contributed by atoms with van der Waals surface area (Å²) in [4.78, 5) is 26.8. The number of hydrogen-bond acceptors (Lipinski definition) is 2. The Hall–Kier alpha value is -2.24. The number of benzene rings is 2. The van der Waals surface area contributed by atoms with Crippen molar-refractivity contribution in [1.29, 1.82) is 0 Å². The molecule has 1 fully saturated rings. The summed E-state index contributed by atoms with van der Waals surface area (Å²) in [5.41, 5.74) is 1.59. The van der Waals surface area contributed by atoms with Crippen LogP contribution in [0.4, 0.5) is 16.2 Å². The van der Waals surface area contributed by atoms with Crippen molar-refractivity contribution in [2.24, 2.45) is 5.92 Å². The Morgan fingerprint density at radius 1 is 0.963 bits per heavy atom. The van der Waals surface area contributed by atoms with Gasteiger partial charge >= 0.3 is 6.03 Å². The van der Waals surface area contributed by atoms with Gasteiger partial charge in [-0.05, 0) is 55.2 Å². The van der Waals surface area contributed by atoms with E-state index < -0.39 is 6.03 Å². The van der Waals surface area contributed by atoms with Crippen LogP contribution in [0.1, 0.15) is 30.1 Å². The zero-order chi connectivity index (χ0) is 19.4. The molecular weight excluding hydrogens is 385 g/mol. The van der Waals surface area contributed by atoms with Crippen molar-refractivity contribution in [1.82, 2.24) is 4.90 Å². The predicted octanol–water partition coefficient (Wildman–Crippen LogP) is 5.51. The van der Waals surface area contributed by atoms with Gasteiger partial charge in [-0.1, -0.05) is 36.2 Å². The van der Waals surface area contributed by atoms with Gasteiger partial charge in [0.2, 0.25) is 0 Å². The number of piperidine rings is 1. The molecule has 0 spiro atoms. The van der Waals surface area contributed by atoms with Gasteiger partial charge in [-0.2, -0.15) is 0 Å². The first kappa shape index (κ1) is 19.5. The van der Waals surface area contributed by atoms with E-state index in [-0.39, 0.29) is 5.91 Å². The van der Waals surface area contributed by atoms with Crippen molar-refractivity contribution < 1.29 is 9.59 Å². The quantitative estimate of drug-likeness (QED) is 0.706. The second-order valence-electron chi connectivity index (χ2n) is 6.79. The molecule has 2 aromatic rings. The summed E-state index contributed by atoms with van der Waals surface area (Å²) in [6.45, 7) is 3.75. The van der Waals surface area contributed by atoms with Gasteiger partial charge < -0.3 is 15.5 Å². The molecule has 1 aliphatic heterocycles. The van der Waals surface area contributed by atoms with Crippen molar-refractivity contribution in [3.05, 3.63) is 58.1 Å². The first-order chi connectivity index (χ1) is 12.9. The molecule has 0 atom stereocenters. The van der Waals surface area contributed by atoms with Crippen molar-refractivity contribution in [3.8, 4) is 0 Å². The second-order valence-corrected chi connectivity index (χ2v) is 7.67. The average Bonchev–Trinajstić information content (AvgIpc) is 2.61. The fourth-order valence-corrected chi connectivity index (χ4v) is 3.57. The molecule has 1 heterocycles. The number of halogens is 2.